The van der Waals surface area contributed by atoms with Crippen LogP contribution in [0, 0.1) is 5.41 Å². The molecule has 18 heavy (non-hydrogen) atoms. The van der Waals surface area contributed by atoms with Gasteiger partial charge in [-0.15, -0.1) is 0 Å². The third-order valence-electron chi connectivity index (χ3n) is 4.89. The summed E-state index contributed by atoms with van der Waals surface area (Å²) in [5.41, 5.74) is 5.12. The molecule has 0 aromatic carbocycles. The number of nitrogens with zero attached hydrogens (tertiary/aromatic N) is 1. The van der Waals surface area contributed by atoms with E-state index in [1.807, 2.05) is 32.6 Å². The Labute approximate surface area is 110 Å². The van der Waals surface area contributed by atoms with Crippen molar-refractivity contribution in [3.8, 4) is 0 Å². The van der Waals surface area contributed by atoms with Crippen molar-refractivity contribution in [1.82, 2.24) is 4.90 Å². The standard InChI is InChI=1S/C14H26N2O2/c1-13(2,14(3,4)15)12(17)16-8-9-18-11-7-5-6-10(11)16/h10-11H,5-9,15H2,1-4H3. The van der Waals surface area contributed by atoms with E-state index < -0.39 is 11.0 Å². The molecule has 2 rings (SSSR count). The second kappa shape index (κ2) is 4.49. The Hall–Kier alpha value is -0.610. The highest BCUT2D eigenvalue weighted by atomic mass is 16.5. The van der Waals surface area contributed by atoms with Gasteiger partial charge in [-0.2, -0.15) is 0 Å². The normalized spacial score (nSPS) is 29.3. The zero-order chi connectivity index (χ0) is 13.6. The largest absolute Gasteiger partial charge is 0.374 e. The minimum Gasteiger partial charge on any atom is -0.374 e. The van der Waals surface area contributed by atoms with Gasteiger partial charge in [0.25, 0.3) is 0 Å². The number of fused-ring (bicyclic) bond motifs is 1. The van der Waals surface area contributed by atoms with Crippen molar-refractivity contribution in [2.75, 3.05) is 13.2 Å². The lowest BCUT2D eigenvalue weighted by molar-refractivity contribution is -0.156. The molecular weight excluding hydrogens is 228 g/mol. The summed E-state index contributed by atoms with van der Waals surface area (Å²) in [7, 11) is 0. The lowest BCUT2D eigenvalue weighted by Gasteiger charge is -2.45. The molecule has 0 spiro atoms. The van der Waals surface area contributed by atoms with Crippen LogP contribution in [0.15, 0.2) is 0 Å². The summed E-state index contributed by atoms with van der Waals surface area (Å²) in [6.45, 7) is 9.13. The zero-order valence-corrected chi connectivity index (χ0v) is 12.0. The van der Waals surface area contributed by atoms with Crippen LogP contribution in [0.25, 0.3) is 0 Å². The summed E-state index contributed by atoms with van der Waals surface area (Å²) in [6.07, 6.45) is 3.56. The summed E-state index contributed by atoms with van der Waals surface area (Å²) in [5, 5.41) is 0. The van der Waals surface area contributed by atoms with Crippen LogP contribution in [0.1, 0.15) is 47.0 Å². The second-order valence-electron chi connectivity index (χ2n) is 6.75. The molecule has 1 amide bonds. The van der Waals surface area contributed by atoms with Gasteiger partial charge < -0.3 is 15.4 Å². The monoisotopic (exact) mass is 254 g/mol. The van der Waals surface area contributed by atoms with Crippen molar-refractivity contribution in [3.05, 3.63) is 0 Å². The molecule has 1 heterocycles. The fourth-order valence-corrected chi connectivity index (χ4v) is 2.81. The molecule has 2 N–H and O–H groups in total. The van der Waals surface area contributed by atoms with Gasteiger partial charge >= 0.3 is 0 Å². The first-order valence-corrected chi connectivity index (χ1v) is 6.97. The van der Waals surface area contributed by atoms with E-state index in [-0.39, 0.29) is 18.1 Å². The SMILES string of the molecule is CC(C)(N)C(C)(C)C(=O)N1CCOC2CCCC21. The third-order valence-corrected chi connectivity index (χ3v) is 4.89. The Morgan fingerprint density at radius 2 is 1.94 bits per heavy atom. The molecule has 1 saturated heterocycles. The molecule has 1 aliphatic carbocycles. The molecule has 0 radical (unpaired) electrons. The summed E-state index contributed by atoms with van der Waals surface area (Å²) in [6, 6.07) is 0.271. The smallest absolute Gasteiger partial charge is 0.230 e. The number of rotatable bonds is 2. The fraction of sp³-hybridized carbons (Fsp3) is 0.929. The quantitative estimate of drug-likeness (QED) is 0.813. The highest BCUT2D eigenvalue weighted by Gasteiger charge is 2.47. The molecule has 4 nitrogen and oxygen atoms in total. The highest BCUT2D eigenvalue weighted by Crippen LogP contribution is 2.36. The molecular formula is C14H26N2O2. The molecule has 2 unspecified atom stereocenters. The molecule has 1 aliphatic heterocycles. The summed E-state index contributed by atoms with van der Waals surface area (Å²) >= 11 is 0. The first-order chi connectivity index (χ1) is 8.25. The van der Waals surface area contributed by atoms with Crippen molar-refractivity contribution in [3.63, 3.8) is 0 Å². The van der Waals surface area contributed by atoms with E-state index in [2.05, 4.69) is 0 Å². The second-order valence-corrected chi connectivity index (χ2v) is 6.75. The van der Waals surface area contributed by atoms with Crippen molar-refractivity contribution >= 4 is 5.91 Å². The fourth-order valence-electron chi connectivity index (χ4n) is 2.81. The van der Waals surface area contributed by atoms with E-state index in [0.29, 0.717) is 13.2 Å². The van der Waals surface area contributed by atoms with E-state index in [0.717, 1.165) is 19.3 Å². The average molecular weight is 254 g/mol. The van der Waals surface area contributed by atoms with Crippen molar-refractivity contribution in [2.24, 2.45) is 11.1 Å². The summed E-state index contributed by atoms with van der Waals surface area (Å²) in [4.78, 5) is 14.8. The van der Waals surface area contributed by atoms with Gasteiger partial charge in [0.2, 0.25) is 5.91 Å². The van der Waals surface area contributed by atoms with Crippen LogP contribution in [0.2, 0.25) is 0 Å². The number of carbonyl (C=O) groups is 1. The van der Waals surface area contributed by atoms with E-state index >= 15 is 0 Å². The first-order valence-electron chi connectivity index (χ1n) is 6.97. The number of carbonyl (C=O) groups excluding carboxylic acids is 1. The Kier molecular flexibility index (Phi) is 3.45. The highest BCUT2D eigenvalue weighted by molar-refractivity contribution is 5.84. The lowest BCUT2D eigenvalue weighted by Crippen LogP contribution is -2.61. The zero-order valence-electron chi connectivity index (χ0n) is 12.0. The molecule has 104 valence electrons. The molecule has 2 atom stereocenters. The number of amides is 1. The minimum absolute atomic E-state index is 0.176. The number of hydrogen-bond acceptors (Lipinski definition) is 3. The topological polar surface area (TPSA) is 55.6 Å². The maximum atomic E-state index is 12.8. The van der Waals surface area contributed by atoms with Gasteiger partial charge in [0.05, 0.1) is 24.2 Å². The predicted octanol–water partition coefficient (Wildman–Crippen LogP) is 1.53. The molecule has 0 aromatic rings. The van der Waals surface area contributed by atoms with Crippen LogP contribution >= 0.6 is 0 Å². The van der Waals surface area contributed by atoms with Crippen molar-refractivity contribution in [2.45, 2.75) is 64.6 Å². The number of ether oxygens (including phenoxy) is 1. The number of morpholine rings is 1. The van der Waals surface area contributed by atoms with Gasteiger partial charge in [0.15, 0.2) is 0 Å². The van der Waals surface area contributed by atoms with E-state index in [1.165, 1.54) is 0 Å². The molecule has 2 fully saturated rings. The summed E-state index contributed by atoms with van der Waals surface area (Å²) < 4.78 is 5.76. The Bertz CT molecular complexity index is 333. The van der Waals surface area contributed by atoms with Gasteiger partial charge in [-0.25, -0.2) is 0 Å². The predicted molar refractivity (Wildman–Crippen MR) is 71.1 cm³/mol. The van der Waals surface area contributed by atoms with Crippen LogP contribution < -0.4 is 5.73 Å². The van der Waals surface area contributed by atoms with E-state index in [4.69, 9.17) is 10.5 Å². The maximum Gasteiger partial charge on any atom is 0.230 e. The maximum absolute atomic E-state index is 12.8. The molecule has 0 bridgehead atoms. The van der Waals surface area contributed by atoms with Crippen LogP contribution in [-0.4, -0.2) is 41.6 Å². The number of hydrogen-bond donors (Lipinski definition) is 1. The lowest BCUT2D eigenvalue weighted by atomic mass is 9.73. The molecule has 0 aromatic heterocycles. The average Bonchev–Trinajstić information content (AvgIpc) is 2.73. The Morgan fingerprint density at radius 3 is 2.56 bits per heavy atom. The number of nitrogens with two attached hydrogens (primary N) is 1. The summed E-state index contributed by atoms with van der Waals surface area (Å²) in [5.74, 6) is 0.176. The van der Waals surface area contributed by atoms with Gasteiger partial charge in [-0.1, -0.05) is 0 Å². The van der Waals surface area contributed by atoms with Crippen LogP contribution in [0.3, 0.4) is 0 Å². The minimum atomic E-state index is -0.544. The molecule has 1 saturated carbocycles. The van der Waals surface area contributed by atoms with Gasteiger partial charge in [-0.3, -0.25) is 4.79 Å². The van der Waals surface area contributed by atoms with Gasteiger partial charge in [0, 0.05) is 12.1 Å². The van der Waals surface area contributed by atoms with Crippen LogP contribution in [-0.2, 0) is 9.53 Å². The van der Waals surface area contributed by atoms with Crippen LogP contribution in [0.5, 0.6) is 0 Å². The van der Waals surface area contributed by atoms with Crippen molar-refractivity contribution < 1.29 is 9.53 Å². The third kappa shape index (κ3) is 2.16. The van der Waals surface area contributed by atoms with Gasteiger partial charge in [-0.05, 0) is 47.0 Å². The molecule has 4 heteroatoms. The Morgan fingerprint density at radius 1 is 1.28 bits per heavy atom. The van der Waals surface area contributed by atoms with E-state index in [9.17, 15) is 4.79 Å². The van der Waals surface area contributed by atoms with Gasteiger partial charge in [0.1, 0.15) is 0 Å². The molecule has 2 aliphatic rings. The first kappa shape index (κ1) is 13.8. The van der Waals surface area contributed by atoms with Crippen LogP contribution in [0.4, 0.5) is 0 Å². The van der Waals surface area contributed by atoms with Crippen molar-refractivity contribution in [1.29, 1.82) is 0 Å². The van der Waals surface area contributed by atoms with E-state index in [1.54, 1.807) is 0 Å². The Balaban J connectivity index is 2.18.